The summed E-state index contributed by atoms with van der Waals surface area (Å²) >= 11 is 0. The van der Waals surface area contributed by atoms with Crippen LogP contribution in [0.2, 0.25) is 0 Å². The van der Waals surface area contributed by atoms with Gasteiger partial charge < -0.3 is 0 Å². The predicted molar refractivity (Wildman–Crippen MR) is 62.6 cm³/mol. The van der Waals surface area contributed by atoms with E-state index in [-0.39, 0.29) is 0 Å². The lowest BCUT2D eigenvalue weighted by molar-refractivity contribution is -0.106. The van der Waals surface area contributed by atoms with E-state index in [0.717, 1.165) is 30.6 Å². The lowest BCUT2D eigenvalue weighted by atomic mass is 9.52. The summed E-state index contributed by atoms with van der Waals surface area (Å²) in [7, 11) is 0. The average molecular weight is 206 g/mol. The number of carbonyl (C=O) groups is 1. The normalized spacial score (nSPS) is 39.1. The van der Waals surface area contributed by atoms with E-state index in [1.807, 2.05) is 0 Å². The third kappa shape index (κ3) is 1.77. The van der Waals surface area contributed by atoms with E-state index in [1.165, 1.54) is 19.3 Å². The van der Waals surface area contributed by atoms with E-state index >= 15 is 0 Å². The molecule has 0 bridgehead atoms. The Kier molecular flexibility index (Phi) is 2.52. The fourth-order valence-corrected chi connectivity index (χ4v) is 3.95. The van der Waals surface area contributed by atoms with Gasteiger partial charge in [0, 0.05) is 0 Å². The molecule has 1 fully saturated rings. The number of rotatable bonds is 1. The van der Waals surface area contributed by atoms with Crippen LogP contribution in [0.3, 0.4) is 0 Å². The van der Waals surface area contributed by atoms with Crippen molar-refractivity contribution in [3.63, 3.8) is 0 Å². The van der Waals surface area contributed by atoms with Gasteiger partial charge in [-0.15, -0.1) is 0 Å². The second kappa shape index (κ2) is 3.47. The highest BCUT2D eigenvalue weighted by atomic mass is 16.1. The number of hydrogen-bond acceptors (Lipinski definition) is 1. The van der Waals surface area contributed by atoms with Crippen molar-refractivity contribution in [1.82, 2.24) is 0 Å². The van der Waals surface area contributed by atoms with Crippen LogP contribution < -0.4 is 0 Å². The highest BCUT2D eigenvalue weighted by Crippen LogP contribution is 2.56. The maximum absolute atomic E-state index is 10.9. The molecule has 2 aliphatic rings. The van der Waals surface area contributed by atoms with Crippen molar-refractivity contribution in [2.75, 3.05) is 0 Å². The monoisotopic (exact) mass is 206 g/mol. The van der Waals surface area contributed by atoms with Gasteiger partial charge in [0.25, 0.3) is 0 Å². The Bertz CT molecular complexity index is 300. The first-order valence-electron chi connectivity index (χ1n) is 6.12. The standard InChI is InChI=1S/C14H22O/c1-13(2)7-4-8-14(3)9-11(10-15)5-6-12(13)14/h5,10,12H,4,6-9H2,1-3H3/t12-,14+/m0/s1. The molecule has 0 radical (unpaired) electrons. The largest absolute Gasteiger partial charge is 0.298 e. The first kappa shape index (κ1) is 10.9. The average Bonchev–Trinajstić information content (AvgIpc) is 2.15. The Morgan fingerprint density at radius 3 is 2.73 bits per heavy atom. The topological polar surface area (TPSA) is 17.1 Å². The lowest BCUT2D eigenvalue weighted by Crippen LogP contribution is -2.43. The smallest absolute Gasteiger partial charge is 0.145 e. The number of allylic oxidation sites excluding steroid dienone is 2. The van der Waals surface area contributed by atoms with Crippen molar-refractivity contribution in [2.24, 2.45) is 16.7 Å². The van der Waals surface area contributed by atoms with E-state index in [1.54, 1.807) is 0 Å². The predicted octanol–water partition coefficient (Wildman–Crippen LogP) is 3.74. The molecule has 1 saturated carbocycles. The molecule has 0 amide bonds. The molecule has 2 atom stereocenters. The summed E-state index contributed by atoms with van der Waals surface area (Å²) in [5.41, 5.74) is 1.87. The second-order valence-electron chi connectivity index (χ2n) is 6.36. The van der Waals surface area contributed by atoms with Crippen LogP contribution in [0.4, 0.5) is 0 Å². The molecule has 0 heterocycles. The number of carbonyl (C=O) groups excluding carboxylic acids is 1. The molecule has 84 valence electrons. The van der Waals surface area contributed by atoms with Gasteiger partial charge in [-0.25, -0.2) is 0 Å². The van der Waals surface area contributed by atoms with E-state index in [2.05, 4.69) is 26.8 Å². The van der Waals surface area contributed by atoms with Gasteiger partial charge in [-0.1, -0.05) is 33.3 Å². The summed E-state index contributed by atoms with van der Waals surface area (Å²) in [6.07, 6.45) is 9.31. The SMILES string of the molecule is CC1(C)CCC[C@]2(C)CC(C=O)=CC[C@@H]12. The molecule has 15 heavy (non-hydrogen) atoms. The maximum Gasteiger partial charge on any atom is 0.145 e. The quantitative estimate of drug-likeness (QED) is 0.597. The van der Waals surface area contributed by atoms with Crippen LogP contribution in [0.5, 0.6) is 0 Å². The van der Waals surface area contributed by atoms with Crippen LogP contribution in [-0.4, -0.2) is 6.29 Å². The molecule has 0 aromatic rings. The van der Waals surface area contributed by atoms with E-state index in [0.29, 0.717) is 10.8 Å². The Labute approximate surface area is 92.9 Å². The minimum atomic E-state index is 0.382. The van der Waals surface area contributed by atoms with Gasteiger partial charge in [0.2, 0.25) is 0 Å². The molecule has 0 spiro atoms. The van der Waals surface area contributed by atoms with Crippen molar-refractivity contribution < 1.29 is 4.79 Å². The summed E-state index contributed by atoms with van der Waals surface area (Å²) in [6, 6.07) is 0. The van der Waals surface area contributed by atoms with Crippen LogP contribution in [0.15, 0.2) is 11.6 Å². The van der Waals surface area contributed by atoms with Crippen LogP contribution in [0.25, 0.3) is 0 Å². The number of hydrogen-bond donors (Lipinski definition) is 0. The van der Waals surface area contributed by atoms with Crippen molar-refractivity contribution in [2.45, 2.75) is 52.9 Å². The first-order valence-corrected chi connectivity index (χ1v) is 6.12. The van der Waals surface area contributed by atoms with Crippen molar-refractivity contribution in [3.8, 4) is 0 Å². The van der Waals surface area contributed by atoms with Crippen LogP contribution in [-0.2, 0) is 4.79 Å². The summed E-state index contributed by atoms with van der Waals surface area (Å²) in [4.78, 5) is 10.9. The molecule has 2 aliphatic carbocycles. The molecule has 2 rings (SSSR count). The Hall–Kier alpha value is -0.590. The van der Waals surface area contributed by atoms with Crippen LogP contribution in [0.1, 0.15) is 52.9 Å². The zero-order valence-corrected chi connectivity index (χ0v) is 10.2. The molecule has 1 nitrogen and oxygen atoms in total. The zero-order chi connectivity index (χ0) is 11.1. The first-order chi connectivity index (χ1) is 6.98. The third-order valence-corrected chi connectivity index (χ3v) is 4.73. The second-order valence-corrected chi connectivity index (χ2v) is 6.36. The van der Waals surface area contributed by atoms with E-state index in [4.69, 9.17) is 0 Å². The molecule has 0 aliphatic heterocycles. The fourth-order valence-electron chi connectivity index (χ4n) is 3.95. The number of aldehydes is 1. The minimum absolute atomic E-state index is 0.382. The van der Waals surface area contributed by atoms with Gasteiger partial charge in [0.05, 0.1) is 0 Å². The van der Waals surface area contributed by atoms with Gasteiger partial charge in [-0.3, -0.25) is 4.79 Å². The third-order valence-electron chi connectivity index (χ3n) is 4.73. The molecule has 0 aromatic carbocycles. The molecular weight excluding hydrogens is 184 g/mol. The van der Waals surface area contributed by atoms with Gasteiger partial charge in [0.15, 0.2) is 0 Å². The zero-order valence-electron chi connectivity index (χ0n) is 10.2. The summed E-state index contributed by atoms with van der Waals surface area (Å²) in [6.45, 7) is 7.18. The highest BCUT2D eigenvalue weighted by molar-refractivity contribution is 5.73. The van der Waals surface area contributed by atoms with Gasteiger partial charge >= 0.3 is 0 Å². The maximum atomic E-state index is 10.9. The number of fused-ring (bicyclic) bond motifs is 1. The van der Waals surface area contributed by atoms with Gasteiger partial charge in [-0.05, 0) is 48.0 Å². The van der Waals surface area contributed by atoms with Crippen molar-refractivity contribution in [1.29, 1.82) is 0 Å². The summed E-state index contributed by atoms with van der Waals surface area (Å²) in [5.74, 6) is 0.766. The van der Waals surface area contributed by atoms with E-state index < -0.39 is 0 Å². The Morgan fingerprint density at radius 2 is 2.07 bits per heavy atom. The summed E-state index contributed by atoms with van der Waals surface area (Å²) < 4.78 is 0. The Balaban J connectivity index is 2.30. The van der Waals surface area contributed by atoms with Gasteiger partial charge in [-0.2, -0.15) is 0 Å². The van der Waals surface area contributed by atoms with Crippen LogP contribution in [0, 0.1) is 16.7 Å². The highest BCUT2D eigenvalue weighted by Gasteiger charge is 2.47. The molecule has 0 N–H and O–H groups in total. The van der Waals surface area contributed by atoms with E-state index in [9.17, 15) is 4.79 Å². The molecule has 0 aromatic heterocycles. The minimum Gasteiger partial charge on any atom is -0.298 e. The summed E-state index contributed by atoms with van der Waals surface area (Å²) in [5, 5.41) is 0. The molecular formula is C14H22O. The molecule has 0 saturated heterocycles. The van der Waals surface area contributed by atoms with Crippen molar-refractivity contribution >= 4 is 6.29 Å². The molecule has 0 unspecified atom stereocenters. The van der Waals surface area contributed by atoms with Crippen molar-refractivity contribution in [3.05, 3.63) is 11.6 Å². The Morgan fingerprint density at radius 1 is 1.33 bits per heavy atom. The van der Waals surface area contributed by atoms with Crippen LogP contribution >= 0.6 is 0 Å². The molecule has 1 heteroatoms. The fraction of sp³-hybridized carbons (Fsp3) is 0.786. The van der Waals surface area contributed by atoms with Gasteiger partial charge in [0.1, 0.15) is 6.29 Å². The lowest BCUT2D eigenvalue weighted by Gasteiger charge is -2.52.